The second-order valence-corrected chi connectivity index (χ2v) is 5.83. The number of carbonyl (C=O) groups excluding carboxylic acids is 1. The molecule has 2 aromatic heterocycles. The van der Waals surface area contributed by atoms with Gasteiger partial charge in [0.2, 0.25) is 5.95 Å². The van der Waals surface area contributed by atoms with Crippen LogP contribution < -0.4 is 10.6 Å². The number of carbonyl (C=O) groups is 1. The van der Waals surface area contributed by atoms with E-state index >= 15 is 0 Å². The highest BCUT2D eigenvalue weighted by Gasteiger charge is 2.09. The van der Waals surface area contributed by atoms with Crippen LogP contribution in [0.1, 0.15) is 21.6 Å². The van der Waals surface area contributed by atoms with Crippen LogP contribution in [0.25, 0.3) is 0 Å². The average molecular weight is 354 g/mol. The van der Waals surface area contributed by atoms with Crippen molar-refractivity contribution < 1.29 is 4.79 Å². The van der Waals surface area contributed by atoms with Gasteiger partial charge in [-0.25, -0.2) is 9.97 Å². The van der Waals surface area contributed by atoms with Crippen LogP contribution in [0.15, 0.2) is 55.0 Å². The van der Waals surface area contributed by atoms with E-state index in [2.05, 4.69) is 25.6 Å². The van der Waals surface area contributed by atoms with Crippen molar-refractivity contribution in [1.29, 1.82) is 0 Å². The number of hydrogen-bond donors (Lipinski definition) is 2. The predicted molar refractivity (Wildman–Crippen MR) is 96.9 cm³/mol. The number of halogens is 1. The lowest BCUT2D eigenvalue weighted by atomic mass is 10.2. The van der Waals surface area contributed by atoms with Crippen LogP contribution in [0.3, 0.4) is 0 Å². The van der Waals surface area contributed by atoms with Gasteiger partial charge >= 0.3 is 0 Å². The van der Waals surface area contributed by atoms with Crippen LogP contribution in [0.5, 0.6) is 0 Å². The molecular formula is C18H16ClN5O. The number of amides is 1. The molecule has 0 spiro atoms. The van der Waals surface area contributed by atoms with Crippen LogP contribution in [0.4, 0.5) is 11.6 Å². The van der Waals surface area contributed by atoms with Crippen molar-refractivity contribution in [2.45, 2.75) is 13.5 Å². The fraction of sp³-hybridized carbons (Fsp3) is 0.111. The predicted octanol–water partition coefficient (Wildman–Crippen LogP) is 3.51. The van der Waals surface area contributed by atoms with E-state index in [0.717, 1.165) is 16.8 Å². The molecule has 0 bridgehead atoms. The molecule has 0 saturated carbocycles. The molecule has 6 nitrogen and oxygen atoms in total. The summed E-state index contributed by atoms with van der Waals surface area (Å²) < 4.78 is 0. The molecule has 1 aromatic carbocycles. The van der Waals surface area contributed by atoms with Gasteiger partial charge in [-0.15, -0.1) is 0 Å². The van der Waals surface area contributed by atoms with E-state index in [1.807, 2.05) is 31.2 Å². The summed E-state index contributed by atoms with van der Waals surface area (Å²) in [5.74, 6) is 0.0709. The Morgan fingerprint density at radius 1 is 1.20 bits per heavy atom. The maximum absolute atomic E-state index is 12.3. The summed E-state index contributed by atoms with van der Waals surface area (Å²) in [7, 11) is 0. The number of anilines is 2. The first kappa shape index (κ1) is 16.9. The zero-order chi connectivity index (χ0) is 17.6. The summed E-state index contributed by atoms with van der Waals surface area (Å²) >= 11 is 5.96. The molecule has 0 fully saturated rings. The van der Waals surface area contributed by atoms with Gasteiger partial charge < -0.3 is 10.6 Å². The SMILES string of the molecule is Cc1cc(Cl)ccc1Nc1nccc(C(=O)NCc2cccnc2)n1. The second kappa shape index (κ2) is 7.72. The highest BCUT2D eigenvalue weighted by Crippen LogP contribution is 2.21. The lowest BCUT2D eigenvalue weighted by Crippen LogP contribution is -2.24. The molecular weight excluding hydrogens is 338 g/mol. The van der Waals surface area contributed by atoms with Crippen molar-refractivity contribution in [3.63, 3.8) is 0 Å². The third-order valence-electron chi connectivity index (χ3n) is 3.50. The third-order valence-corrected chi connectivity index (χ3v) is 3.73. The summed E-state index contributed by atoms with van der Waals surface area (Å²) in [6, 6.07) is 10.7. The molecule has 0 radical (unpaired) electrons. The van der Waals surface area contributed by atoms with Crippen molar-refractivity contribution in [3.05, 3.63) is 76.8 Å². The summed E-state index contributed by atoms with van der Waals surface area (Å²) in [5.41, 5.74) is 2.99. The van der Waals surface area contributed by atoms with Crippen LogP contribution in [0.2, 0.25) is 5.02 Å². The van der Waals surface area contributed by atoms with Gasteiger partial charge in [0.25, 0.3) is 5.91 Å². The first-order valence-corrected chi connectivity index (χ1v) is 8.03. The Kier molecular flexibility index (Phi) is 5.20. The minimum Gasteiger partial charge on any atom is -0.347 e. The minimum atomic E-state index is -0.276. The van der Waals surface area contributed by atoms with Gasteiger partial charge in [0.15, 0.2) is 0 Å². The number of rotatable bonds is 5. The van der Waals surface area contributed by atoms with Crippen molar-refractivity contribution in [3.8, 4) is 0 Å². The number of aryl methyl sites for hydroxylation is 1. The Balaban J connectivity index is 1.69. The van der Waals surface area contributed by atoms with Crippen LogP contribution >= 0.6 is 11.6 Å². The van der Waals surface area contributed by atoms with E-state index in [1.54, 1.807) is 30.7 Å². The highest BCUT2D eigenvalue weighted by atomic mass is 35.5. The van der Waals surface area contributed by atoms with Crippen LogP contribution in [-0.2, 0) is 6.54 Å². The lowest BCUT2D eigenvalue weighted by Gasteiger charge is -2.09. The van der Waals surface area contributed by atoms with E-state index in [4.69, 9.17) is 11.6 Å². The standard InChI is InChI=1S/C18H16ClN5O/c1-12-9-14(19)4-5-15(12)23-18-21-8-6-16(24-18)17(25)22-11-13-3-2-7-20-10-13/h2-10H,11H2,1H3,(H,22,25)(H,21,23,24). The van der Waals surface area contributed by atoms with E-state index in [9.17, 15) is 4.79 Å². The molecule has 3 rings (SSSR count). The lowest BCUT2D eigenvalue weighted by molar-refractivity contribution is 0.0946. The van der Waals surface area contributed by atoms with Gasteiger partial charge in [-0.1, -0.05) is 17.7 Å². The van der Waals surface area contributed by atoms with Crippen LogP contribution in [-0.4, -0.2) is 20.9 Å². The van der Waals surface area contributed by atoms with Gasteiger partial charge in [-0.2, -0.15) is 0 Å². The topological polar surface area (TPSA) is 79.8 Å². The Labute approximate surface area is 150 Å². The Bertz CT molecular complexity index is 886. The first-order valence-electron chi connectivity index (χ1n) is 7.65. The maximum atomic E-state index is 12.3. The van der Waals surface area contributed by atoms with Gasteiger partial charge in [0, 0.05) is 35.8 Å². The van der Waals surface area contributed by atoms with E-state index in [0.29, 0.717) is 17.5 Å². The number of hydrogen-bond acceptors (Lipinski definition) is 5. The third kappa shape index (κ3) is 4.51. The summed E-state index contributed by atoms with van der Waals surface area (Å²) in [6.07, 6.45) is 4.93. The fourth-order valence-electron chi connectivity index (χ4n) is 2.21. The maximum Gasteiger partial charge on any atom is 0.270 e. The minimum absolute atomic E-state index is 0.276. The molecule has 7 heteroatoms. The molecule has 0 aliphatic carbocycles. The fourth-order valence-corrected chi connectivity index (χ4v) is 2.44. The number of pyridine rings is 1. The molecule has 0 saturated heterocycles. The van der Waals surface area contributed by atoms with Crippen molar-refractivity contribution in [2.24, 2.45) is 0 Å². The number of aromatic nitrogens is 3. The quantitative estimate of drug-likeness (QED) is 0.733. The summed E-state index contributed by atoms with van der Waals surface area (Å²) in [6.45, 7) is 2.31. The molecule has 126 valence electrons. The second-order valence-electron chi connectivity index (χ2n) is 5.39. The number of benzene rings is 1. The molecule has 0 aliphatic rings. The largest absolute Gasteiger partial charge is 0.347 e. The van der Waals surface area contributed by atoms with Crippen molar-refractivity contribution in [2.75, 3.05) is 5.32 Å². The highest BCUT2D eigenvalue weighted by molar-refractivity contribution is 6.30. The van der Waals surface area contributed by atoms with Crippen molar-refractivity contribution >= 4 is 29.1 Å². The van der Waals surface area contributed by atoms with Gasteiger partial charge in [-0.3, -0.25) is 9.78 Å². The molecule has 2 heterocycles. The van der Waals surface area contributed by atoms with Gasteiger partial charge in [-0.05, 0) is 48.4 Å². The molecule has 2 N–H and O–H groups in total. The molecule has 1 amide bonds. The smallest absolute Gasteiger partial charge is 0.270 e. The van der Waals surface area contributed by atoms with E-state index in [-0.39, 0.29) is 11.6 Å². The molecule has 0 unspecified atom stereocenters. The van der Waals surface area contributed by atoms with Crippen LogP contribution in [0, 0.1) is 6.92 Å². The van der Waals surface area contributed by atoms with Gasteiger partial charge in [0.05, 0.1) is 0 Å². The first-order chi connectivity index (χ1) is 12.1. The number of nitrogens with zero attached hydrogens (tertiary/aromatic N) is 3. The molecule has 3 aromatic rings. The summed E-state index contributed by atoms with van der Waals surface area (Å²) in [4.78, 5) is 24.7. The Morgan fingerprint density at radius 3 is 2.84 bits per heavy atom. The van der Waals surface area contributed by atoms with E-state index < -0.39 is 0 Å². The summed E-state index contributed by atoms with van der Waals surface area (Å²) in [5, 5.41) is 6.57. The van der Waals surface area contributed by atoms with E-state index in [1.165, 1.54) is 0 Å². The van der Waals surface area contributed by atoms with Gasteiger partial charge in [0.1, 0.15) is 5.69 Å². The molecule has 25 heavy (non-hydrogen) atoms. The zero-order valence-electron chi connectivity index (χ0n) is 13.5. The number of nitrogens with one attached hydrogen (secondary N) is 2. The Hall–Kier alpha value is -2.99. The Morgan fingerprint density at radius 2 is 2.08 bits per heavy atom. The normalized spacial score (nSPS) is 10.3. The average Bonchev–Trinajstić information content (AvgIpc) is 2.63. The molecule has 0 atom stereocenters. The monoisotopic (exact) mass is 353 g/mol. The zero-order valence-corrected chi connectivity index (χ0v) is 14.3. The van der Waals surface area contributed by atoms with Crippen molar-refractivity contribution in [1.82, 2.24) is 20.3 Å². The molecule has 0 aliphatic heterocycles.